The molecule has 0 saturated carbocycles. The van der Waals surface area contributed by atoms with E-state index < -0.39 is 0 Å². The average molecular weight is 340 g/mol. The molecule has 1 aromatic rings. The van der Waals surface area contributed by atoms with Crippen LogP contribution in [0.15, 0.2) is 10.5 Å². The van der Waals surface area contributed by atoms with E-state index in [0.717, 1.165) is 21.7 Å². The second kappa shape index (κ2) is 7.10. The molecule has 0 saturated heterocycles. The maximum Gasteiger partial charge on any atom is 0.107 e. The highest BCUT2D eigenvalue weighted by atomic mass is 79.9. The van der Waals surface area contributed by atoms with E-state index in [4.69, 9.17) is 17.3 Å². The van der Waals surface area contributed by atoms with Crippen molar-refractivity contribution in [1.82, 2.24) is 4.90 Å². The third kappa shape index (κ3) is 3.67. The molecule has 17 heavy (non-hydrogen) atoms. The van der Waals surface area contributed by atoms with Gasteiger partial charge in [-0.15, -0.1) is 11.3 Å². The summed E-state index contributed by atoms with van der Waals surface area (Å²) >= 11 is 11.2. The van der Waals surface area contributed by atoms with Crippen LogP contribution in [0.5, 0.6) is 0 Å². The Morgan fingerprint density at radius 3 is 2.41 bits per heavy atom. The molecule has 0 aliphatic heterocycles. The van der Waals surface area contributed by atoms with Crippen molar-refractivity contribution in [1.29, 1.82) is 0 Å². The molecule has 0 amide bonds. The number of hydrogen-bond donors (Lipinski definition) is 1. The summed E-state index contributed by atoms with van der Waals surface area (Å²) in [5.41, 5.74) is 5.92. The molecule has 1 atom stereocenters. The van der Waals surface area contributed by atoms with E-state index in [1.807, 2.05) is 0 Å². The number of rotatable bonds is 6. The molecule has 0 aromatic carbocycles. The molecular formula is C12H20BrClN2S. The average Bonchev–Trinajstić information content (AvgIpc) is 2.61. The lowest BCUT2D eigenvalue weighted by Crippen LogP contribution is -2.37. The number of thiophene rings is 1. The van der Waals surface area contributed by atoms with Gasteiger partial charge in [0.25, 0.3) is 0 Å². The van der Waals surface area contributed by atoms with Crippen molar-refractivity contribution in [3.63, 3.8) is 0 Å². The Balaban J connectivity index is 2.90. The second-order valence-electron chi connectivity index (χ2n) is 4.16. The van der Waals surface area contributed by atoms with Crippen LogP contribution < -0.4 is 5.73 Å². The van der Waals surface area contributed by atoms with E-state index in [-0.39, 0.29) is 6.04 Å². The molecule has 1 rings (SSSR count). The third-order valence-corrected chi connectivity index (χ3v) is 5.80. The van der Waals surface area contributed by atoms with Crippen LogP contribution in [-0.2, 0) is 0 Å². The number of halogens is 2. The van der Waals surface area contributed by atoms with Crippen molar-refractivity contribution in [3.05, 3.63) is 19.8 Å². The molecule has 98 valence electrons. The van der Waals surface area contributed by atoms with Gasteiger partial charge >= 0.3 is 0 Å². The molecule has 1 aromatic heterocycles. The van der Waals surface area contributed by atoms with Crippen molar-refractivity contribution >= 4 is 38.9 Å². The van der Waals surface area contributed by atoms with Gasteiger partial charge in [0.05, 0.1) is 6.04 Å². The zero-order valence-corrected chi connectivity index (χ0v) is 13.7. The van der Waals surface area contributed by atoms with Gasteiger partial charge in [0.15, 0.2) is 0 Å². The molecule has 2 N–H and O–H groups in total. The quantitative estimate of drug-likeness (QED) is 0.838. The predicted molar refractivity (Wildman–Crippen MR) is 81.0 cm³/mol. The smallest absolute Gasteiger partial charge is 0.107 e. The summed E-state index contributed by atoms with van der Waals surface area (Å²) in [6, 6.07) is 2.92. The van der Waals surface area contributed by atoms with Crippen LogP contribution in [0.4, 0.5) is 0 Å². The Morgan fingerprint density at radius 1 is 1.47 bits per heavy atom. The third-order valence-electron chi connectivity index (χ3n) is 3.23. The van der Waals surface area contributed by atoms with E-state index in [0.29, 0.717) is 12.6 Å². The van der Waals surface area contributed by atoms with E-state index in [1.54, 1.807) is 11.3 Å². The van der Waals surface area contributed by atoms with Gasteiger partial charge in [0, 0.05) is 21.9 Å². The van der Waals surface area contributed by atoms with Gasteiger partial charge in [0.1, 0.15) is 4.34 Å². The molecule has 0 fully saturated rings. The number of likely N-dealkylation sites (N-methyl/N-ethyl adjacent to an activating group) is 1. The molecule has 5 heteroatoms. The molecule has 1 heterocycles. The Hall–Kier alpha value is 0.390. The van der Waals surface area contributed by atoms with Gasteiger partial charge in [-0.05, 0) is 41.9 Å². The van der Waals surface area contributed by atoms with Crippen molar-refractivity contribution in [2.45, 2.75) is 38.8 Å². The Bertz CT molecular complexity index is 333. The highest BCUT2D eigenvalue weighted by Crippen LogP contribution is 2.37. The van der Waals surface area contributed by atoms with Crippen LogP contribution in [-0.4, -0.2) is 24.5 Å². The standard InChI is InChI=1S/C12H20BrClN2S/c1-4-8(5-2)16(3)10(7-15)11-6-9(13)12(14)17-11/h6,8,10H,4-5,7,15H2,1-3H3. The van der Waals surface area contributed by atoms with Crippen molar-refractivity contribution in [2.24, 2.45) is 5.73 Å². The van der Waals surface area contributed by atoms with Gasteiger partial charge in [-0.1, -0.05) is 25.4 Å². The Morgan fingerprint density at radius 2 is 2.06 bits per heavy atom. The zero-order chi connectivity index (χ0) is 13.0. The Labute approximate surface area is 121 Å². The zero-order valence-electron chi connectivity index (χ0n) is 10.5. The maximum atomic E-state index is 6.09. The van der Waals surface area contributed by atoms with Crippen LogP contribution in [0.1, 0.15) is 37.6 Å². The van der Waals surface area contributed by atoms with Gasteiger partial charge < -0.3 is 5.73 Å². The fraction of sp³-hybridized carbons (Fsp3) is 0.667. The summed E-state index contributed by atoms with van der Waals surface area (Å²) in [5, 5.41) is 0. The monoisotopic (exact) mass is 338 g/mol. The lowest BCUT2D eigenvalue weighted by molar-refractivity contribution is 0.170. The number of nitrogens with two attached hydrogens (primary N) is 1. The lowest BCUT2D eigenvalue weighted by atomic mass is 10.1. The predicted octanol–water partition coefficient (Wildman–Crippen LogP) is 4.28. The van der Waals surface area contributed by atoms with Crippen LogP contribution >= 0.6 is 38.9 Å². The molecular weight excluding hydrogens is 320 g/mol. The largest absolute Gasteiger partial charge is 0.329 e. The first-order valence-corrected chi connectivity index (χ1v) is 7.90. The molecule has 0 aliphatic rings. The molecule has 0 bridgehead atoms. The van der Waals surface area contributed by atoms with E-state index in [1.165, 1.54) is 4.88 Å². The molecule has 2 nitrogen and oxygen atoms in total. The number of hydrogen-bond acceptors (Lipinski definition) is 3. The van der Waals surface area contributed by atoms with Crippen LogP contribution in [0.25, 0.3) is 0 Å². The van der Waals surface area contributed by atoms with Crippen molar-refractivity contribution < 1.29 is 0 Å². The van der Waals surface area contributed by atoms with Gasteiger partial charge in [0.2, 0.25) is 0 Å². The summed E-state index contributed by atoms with van der Waals surface area (Å²) in [5.74, 6) is 0. The first-order valence-electron chi connectivity index (χ1n) is 5.91. The number of nitrogens with zero attached hydrogens (tertiary/aromatic N) is 1. The minimum absolute atomic E-state index is 0.258. The van der Waals surface area contributed by atoms with Crippen LogP contribution in [0.2, 0.25) is 4.34 Å². The first-order chi connectivity index (χ1) is 8.04. The van der Waals surface area contributed by atoms with E-state index >= 15 is 0 Å². The highest BCUT2D eigenvalue weighted by Gasteiger charge is 2.23. The van der Waals surface area contributed by atoms with Crippen molar-refractivity contribution in [2.75, 3.05) is 13.6 Å². The second-order valence-corrected chi connectivity index (χ2v) is 6.70. The van der Waals surface area contributed by atoms with Crippen molar-refractivity contribution in [3.8, 4) is 0 Å². The van der Waals surface area contributed by atoms with Crippen LogP contribution in [0.3, 0.4) is 0 Å². The molecule has 0 radical (unpaired) electrons. The lowest BCUT2D eigenvalue weighted by Gasteiger charge is -2.33. The topological polar surface area (TPSA) is 29.3 Å². The van der Waals surface area contributed by atoms with E-state index in [2.05, 4.69) is 47.8 Å². The van der Waals surface area contributed by atoms with Gasteiger partial charge in [-0.2, -0.15) is 0 Å². The highest BCUT2D eigenvalue weighted by molar-refractivity contribution is 9.10. The van der Waals surface area contributed by atoms with Crippen LogP contribution in [0, 0.1) is 0 Å². The van der Waals surface area contributed by atoms with Gasteiger partial charge in [-0.3, -0.25) is 4.90 Å². The summed E-state index contributed by atoms with van der Waals surface area (Å²) in [6.07, 6.45) is 2.29. The van der Waals surface area contributed by atoms with E-state index in [9.17, 15) is 0 Å². The summed E-state index contributed by atoms with van der Waals surface area (Å²) in [4.78, 5) is 3.60. The summed E-state index contributed by atoms with van der Waals surface area (Å²) in [7, 11) is 2.15. The molecule has 1 unspecified atom stereocenters. The summed E-state index contributed by atoms with van der Waals surface area (Å²) in [6.45, 7) is 5.06. The fourth-order valence-corrected chi connectivity index (χ4v) is 4.03. The van der Waals surface area contributed by atoms with Gasteiger partial charge in [-0.25, -0.2) is 0 Å². The summed E-state index contributed by atoms with van der Waals surface area (Å²) < 4.78 is 1.77. The minimum Gasteiger partial charge on any atom is -0.329 e. The fourth-order valence-electron chi connectivity index (χ4n) is 2.13. The molecule has 0 aliphatic carbocycles. The Kier molecular flexibility index (Phi) is 6.45. The maximum absolute atomic E-state index is 6.09. The normalized spacial score (nSPS) is 13.6. The first kappa shape index (κ1) is 15.4. The minimum atomic E-state index is 0.258. The SMILES string of the molecule is CCC(CC)N(C)C(CN)c1cc(Br)c(Cl)s1. The molecule has 0 spiro atoms.